The van der Waals surface area contributed by atoms with Crippen molar-refractivity contribution in [3.63, 3.8) is 0 Å². The lowest BCUT2D eigenvalue weighted by molar-refractivity contribution is -0.155. The molecule has 7 nitrogen and oxygen atoms in total. The minimum Gasteiger partial charge on any atom is -0.449 e. The van der Waals surface area contributed by atoms with Crippen LogP contribution in [0.4, 0.5) is 0 Å². The predicted molar refractivity (Wildman–Crippen MR) is 84.3 cm³/mol. The molecule has 0 aliphatic rings. The van der Waals surface area contributed by atoms with Gasteiger partial charge in [-0.2, -0.15) is 5.26 Å². The highest BCUT2D eigenvalue weighted by Crippen LogP contribution is 2.09. The van der Waals surface area contributed by atoms with E-state index in [4.69, 9.17) is 14.7 Å². The van der Waals surface area contributed by atoms with Gasteiger partial charge in [0.05, 0.1) is 12.2 Å². The molecule has 0 spiro atoms. The first kappa shape index (κ1) is 21.1. The second-order valence-corrected chi connectivity index (χ2v) is 5.75. The van der Waals surface area contributed by atoms with Gasteiger partial charge in [0.2, 0.25) is 5.91 Å². The zero-order valence-corrected chi connectivity index (χ0v) is 14.1. The summed E-state index contributed by atoms with van der Waals surface area (Å²) in [6.07, 6.45) is 2.74. The van der Waals surface area contributed by atoms with E-state index < -0.39 is 17.6 Å². The fourth-order valence-corrected chi connectivity index (χ4v) is 1.63. The molecule has 130 valence electrons. The van der Waals surface area contributed by atoms with Gasteiger partial charge in [-0.3, -0.25) is 4.79 Å². The molecule has 0 rings (SSSR count). The van der Waals surface area contributed by atoms with Crippen molar-refractivity contribution < 1.29 is 24.2 Å². The van der Waals surface area contributed by atoms with Crippen LogP contribution in [0.1, 0.15) is 33.1 Å². The summed E-state index contributed by atoms with van der Waals surface area (Å²) in [5.41, 5.74) is -0.873. The number of rotatable bonds is 11. The highest BCUT2D eigenvalue weighted by atomic mass is 16.5. The molecular weight excluding hydrogens is 300 g/mol. The van der Waals surface area contributed by atoms with E-state index in [1.54, 1.807) is 26.0 Å². The van der Waals surface area contributed by atoms with Crippen molar-refractivity contribution in [3.05, 3.63) is 12.7 Å². The van der Waals surface area contributed by atoms with Crippen molar-refractivity contribution in [1.82, 2.24) is 4.90 Å². The number of allylic oxidation sites excluding steroid dienone is 1. The number of aliphatic hydroxyl groups is 1. The third kappa shape index (κ3) is 9.66. The highest BCUT2D eigenvalue weighted by Gasteiger charge is 2.28. The third-order valence-corrected chi connectivity index (χ3v) is 3.11. The van der Waals surface area contributed by atoms with Gasteiger partial charge in [-0.15, -0.1) is 6.58 Å². The fraction of sp³-hybridized carbons (Fsp3) is 0.688. The quantitative estimate of drug-likeness (QED) is 0.346. The van der Waals surface area contributed by atoms with Gasteiger partial charge < -0.3 is 19.5 Å². The Kier molecular flexibility index (Phi) is 9.86. The first-order valence-electron chi connectivity index (χ1n) is 7.43. The van der Waals surface area contributed by atoms with Crippen molar-refractivity contribution >= 4 is 11.9 Å². The Morgan fingerprint density at radius 3 is 2.65 bits per heavy atom. The number of carbonyl (C=O) groups is 2. The summed E-state index contributed by atoms with van der Waals surface area (Å²) in [5, 5.41) is 18.1. The molecule has 1 N–H and O–H groups in total. The largest absolute Gasteiger partial charge is 0.449 e. The molecule has 0 aromatic carbocycles. The van der Waals surface area contributed by atoms with Gasteiger partial charge in [0.15, 0.2) is 12.6 Å². The van der Waals surface area contributed by atoms with Crippen LogP contribution in [0, 0.1) is 11.3 Å². The molecule has 23 heavy (non-hydrogen) atoms. The van der Waals surface area contributed by atoms with Crippen molar-refractivity contribution in [3.8, 4) is 6.07 Å². The Balaban J connectivity index is 4.67. The lowest BCUT2D eigenvalue weighted by Crippen LogP contribution is -2.46. The van der Waals surface area contributed by atoms with Gasteiger partial charge in [-0.05, 0) is 26.7 Å². The highest BCUT2D eigenvalue weighted by molar-refractivity contribution is 5.84. The van der Waals surface area contributed by atoms with Crippen LogP contribution in [0.2, 0.25) is 0 Å². The fourth-order valence-electron chi connectivity index (χ4n) is 1.63. The minimum absolute atomic E-state index is 0.0589. The van der Waals surface area contributed by atoms with Crippen LogP contribution in [-0.2, 0) is 19.1 Å². The first-order chi connectivity index (χ1) is 10.7. The molecule has 0 aromatic heterocycles. The summed E-state index contributed by atoms with van der Waals surface area (Å²) in [6, 6.07) is 0.781. The number of nitrogens with zero attached hydrogens (tertiary/aromatic N) is 2. The van der Waals surface area contributed by atoms with E-state index in [9.17, 15) is 14.7 Å². The molecule has 1 amide bonds. The molecule has 0 unspecified atom stereocenters. The van der Waals surface area contributed by atoms with Crippen LogP contribution in [0.3, 0.4) is 0 Å². The van der Waals surface area contributed by atoms with E-state index in [1.165, 1.54) is 11.9 Å². The average Bonchev–Trinajstić information content (AvgIpc) is 2.48. The molecule has 0 heterocycles. The zero-order valence-electron chi connectivity index (χ0n) is 14.1. The van der Waals surface area contributed by atoms with Crippen LogP contribution in [0.25, 0.3) is 0 Å². The van der Waals surface area contributed by atoms with Crippen LogP contribution in [0.5, 0.6) is 0 Å². The molecule has 7 heteroatoms. The average molecular weight is 326 g/mol. The smallest absolute Gasteiger partial charge is 0.332 e. The molecule has 1 atom stereocenters. The maximum atomic E-state index is 12.0. The molecule has 0 aliphatic carbocycles. The molecule has 0 aliphatic heterocycles. The summed E-state index contributed by atoms with van der Waals surface area (Å²) in [5.74, 6) is -0.931. The molecule has 0 radical (unpaired) electrons. The van der Waals surface area contributed by atoms with Gasteiger partial charge in [0, 0.05) is 20.1 Å². The minimum atomic E-state index is -0.928. The Morgan fingerprint density at radius 1 is 1.48 bits per heavy atom. The van der Waals surface area contributed by atoms with E-state index >= 15 is 0 Å². The standard InChI is InChI=1S/C16H26N2O5/c1-5-6-7-14(19)18(4)13(15(20)23-11-9-17)12-22-10-8-16(2,3)21/h5,13,21H,1,6-8,10-12H2,2-4H3/t13-/m0/s1. The molecule has 0 saturated heterocycles. The van der Waals surface area contributed by atoms with E-state index in [0.717, 1.165) is 0 Å². The third-order valence-electron chi connectivity index (χ3n) is 3.11. The maximum Gasteiger partial charge on any atom is 0.332 e. The number of carbonyl (C=O) groups excluding carboxylic acids is 2. The summed E-state index contributed by atoms with van der Waals surface area (Å²) in [6.45, 7) is 6.65. The summed E-state index contributed by atoms with van der Waals surface area (Å²) >= 11 is 0. The normalized spacial score (nSPS) is 12.1. The van der Waals surface area contributed by atoms with E-state index in [1.807, 2.05) is 0 Å². The first-order valence-corrected chi connectivity index (χ1v) is 7.43. The zero-order chi connectivity index (χ0) is 17.9. The Bertz CT molecular complexity index is 437. The second kappa shape index (κ2) is 10.8. The summed E-state index contributed by atoms with van der Waals surface area (Å²) in [7, 11) is 1.49. The van der Waals surface area contributed by atoms with Gasteiger partial charge in [0.25, 0.3) is 0 Å². The van der Waals surface area contributed by atoms with Crippen LogP contribution < -0.4 is 0 Å². The molecule has 0 saturated carbocycles. The van der Waals surface area contributed by atoms with Crippen LogP contribution >= 0.6 is 0 Å². The lowest BCUT2D eigenvalue weighted by Gasteiger charge is -2.26. The Hall–Kier alpha value is -1.91. The Labute approximate surface area is 137 Å². The molecular formula is C16H26N2O5. The van der Waals surface area contributed by atoms with Gasteiger partial charge in [0.1, 0.15) is 6.07 Å². The maximum absolute atomic E-state index is 12.0. The molecule has 0 aromatic rings. The van der Waals surface area contributed by atoms with Crippen LogP contribution in [0.15, 0.2) is 12.7 Å². The monoisotopic (exact) mass is 326 g/mol. The number of esters is 1. The molecule has 0 bridgehead atoms. The number of hydrogen-bond donors (Lipinski definition) is 1. The lowest BCUT2D eigenvalue weighted by atomic mass is 10.1. The second-order valence-electron chi connectivity index (χ2n) is 5.75. The van der Waals surface area contributed by atoms with Gasteiger partial charge in [-0.25, -0.2) is 4.79 Å². The van der Waals surface area contributed by atoms with E-state index in [0.29, 0.717) is 12.8 Å². The van der Waals surface area contributed by atoms with Gasteiger partial charge >= 0.3 is 5.97 Å². The van der Waals surface area contributed by atoms with Crippen LogP contribution in [-0.4, -0.2) is 60.4 Å². The topological polar surface area (TPSA) is 99.9 Å². The van der Waals surface area contributed by atoms with Crippen molar-refractivity contribution in [2.45, 2.75) is 44.8 Å². The number of nitriles is 1. The van der Waals surface area contributed by atoms with Crippen molar-refractivity contribution in [1.29, 1.82) is 5.26 Å². The summed E-state index contributed by atoms with van der Waals surface area (Å²) < 4.78 is 10.2. The van der Waals surface area contributed by atoms with Crippen molar-refractivity contribution in [2.75, 3.05) is 26.9 Å². The molecule has 0 fully saturated rings. The Morgan fingerprint density at radius 2 is 2.13 bits per heavy atom. The van der Waals surface area contributed by atoms with E-state index in [-0.39, 0.29) is 32.1 Å². The van der Waals surface area contributed by atoms with E-state index in [2.05, 4.69) is 6.58 Å². The summed E-state index contributed by atoms with van der Waals surface area (Å²) in [4.78, 5) is 25.3. The number of amides is 1. The van der Waals surface area contributed by atoms with Crippen molar-refractivity contribution in [2.24, 2.45) is 0 Å². The number of ether oxygens (including phenoxy) is 2. The van der Waals surface area contributed by atoms with Gasteiger partial charge in [-0.1, -0.05) is 6.08 Å². The number of likely N-dealkylation sites (N-methyl/N-ethyl adjacent to an activating group) is 1. The number of hydrogen-bond acceptors (Lipinski definition) is 6. The predicted octanol–water partition coefficient (Wildman–Crippen LogP) is 1.02. The SMILES string of the molecule is C=CCCC(=O)N(C)[C@@H](COCCC(C)(C)O)C(=O)OCC#N.